The van der Waals surface area contributed by atoms with Crippen LogP contribution < -0.4 is 14.8 Å². The van der Waals surface area contributed by atoms with Gasteiger partial charge in [-0.15, -0.1) is 11.8 Å². The molecule has 2 aromatic carbocycles. The molecular formula is C22H29NO3S. The molecule has 4 nitrogen and oxygen atoms in total. The highest BCUT2D eigenvalue weighted by Crippen LogP contribution is 2.28. The Morgan fingerprint density at radius 1 is 1.00 bits per heavy atom. The van der Waals surface area contributed by atoms with Crippen LogP contribution in [0, 0.1) is 0 Å². The summed E-state index contributed by atoms with van der Waals surface area (Å²) in [5.74, 6) is 1.87. The predicted molar refractivity (Wildman–Crippen MR) is 112 cm³/mol. The molecular weight excluding hydrogens is 358 g/mol. The molecule has 0 aromatic heterocycles. The fourth-order valence-corrected chi connectivity index (χ4v) is 3.36. The van der Waals surface area contributed by atoms with Gasteiger partial charge in [0.05, 0.1) is 20.0 Å². The van der Waals surface area contributed by atoms with Crippen molar-refractivity contribution >= 4 is 17.7 Å². The number of ether oxygens (including phenoxy) is 2. The standard InChI is InChI=1S/C22H29NO3S/c1-22(2,3)17-7-9-18(10-8-17)27-15-21(24)23-13-12-16-6-11-19(25-4)20(14-16)26-5/h6-11,14H,12-13,15H2,1-5H3,(H,23,24). The molecule has 0 saturated heterocycles. The van der Waals surface area contributed by atoms with Crippen LogP contribution >= 0.6 is 11.8 Å². The SMILES string of the molecule is COc1ccc(CCNC(=O)CSc2ccc(C(C)(C)C)cc2)cc1OC. The summed E-state index contributed by atoms with van der Waals surface area (Å²) < 4.78 is 10.5. The number of amides is 1. The summed E-state index contributed by atoms with van der Waals surface area (Å²) in [6.07, 6.45) is 0.747. The van der Waals surface area contributed by atoms with E-state index < -0.39 is 0 Å². The first kappa shape index (κ1) is 21.2. The van der Waals surface area contributed by atoms with Crippen molar-refractivity contribution in [3.8, 4) is 11.5 Å². The lowest BCUT2D eigenvalue weighted by atomic mass is 9.87. The molecule has 0 heterocycles. The van der Waals surface area contributed by atoms with Gasteiger partial charge in [0.2, 0.25) is 5.91 Å². The minimum atomic E-state index is 0.0420. The summed E-state index contributed by atoms with van der Waals surface area (Å²) in [5, 5.41) is 2.97. The predicted octanol–water partition coefficient (Wildman–Crippen LogP) is 4.45. The van der Waals surface area contributed by atoms with Gasteiger partial charge >= 0.3 is 0 Å². The number of nitrogens with one attached hydrogen (secondary N) is 1. The number of hydrogen-bond donors (Lipinski definition) is 1. The van der Waals surface area contributed by atoms with Gasteiger partial charge in [0, 0.05) is 11.4 Å². The molecule has 0 aliphatic heterocycles. The molecule has 0 saturated carbocycles. The Kier molecular flexibility index (Phi) is 7.60. The first-order valence-corrected chi connectivity index (χ1v) is 10.0. The van der Waals surface area contributed by atoms with Crippen LogP contribution in [-0.2, 0) is 16.6 Å². The van der Waals surface area contributed by atoms with Gasteiger partial charge in [-0.1, -0.05) is 39.0 Å². The maximum Gasteiger partial charge on any atom is 0.230 e. The zero-order chi connectivity index (χ0) is 19.9. The second-order valence-corrected chi connectivity index (χ2v) is 8.40. The normalized spacial score (nSPS) is 11.1. The van der Waals surface area contributed by atoms with E-state index in [1.807, 2.05) is 18.2 Å². The summed E-state index contributed by atoms with van der Waals surface area (Å²) in [5.41, 5.74) is 2.54. The molecule has 27 heavy (non-hydrogen) atoms. The van der Waals surface area contributed by atoms with Crippen LogP contribution in [0.1, 0.15) is 31.9 Å². The third kappa shape index (κ3) is 6.51. The molecule has 0 aliphatic rings. The van der Waals surface area contributed by atoms with E-state index in [1.165, 1.54) is 5.56 Å². The number of benzene rings is 2. The zero-order valence-electron chi connectivity index (χ0n) is 16.8. The molecule has 2 aromatic rings. The van der Waals surface area contributed by atoms with E-state index in [0.29, 0.717) is 23.8 Å². The molecule has 1 N–H and O–H groups in total. The van der Waals surface area contributed by atoms with Crippen molar-refractivity contribution < 1.29 is 14.3 Å². The first-order chi connectivity index (χ1) is 12.8. The Labute approximate surface area is 166 Å². The minimum absolute atomic E-state index is 0.0420. The molecule has 0 spiro atoms. The third-order valence-corrected chi connectivity index (χ3v) is 5.29. The van der Waals surface area contributed by atoms with Gasteiger partial charge < -0.3 is 14.8 Å². The van der Waals surface area contributed by atoms with Crippen LogP contribution in [0.5, 0.6) is 11.5 Å². The zero-order valence-corrected chi connectivity index (χ0v) is 17.6. The second-order valence-electron chi connectivity index (χ2n) is 7.35. The van der Waals surface area contributed by atoms with Gasteiger partial charge in [0.1, 0.15) is 0 Å². The first-order valence-electron chi connectivity index (χ1n) is 9.04. The summed E-state index contributed by atoms with van der Waals surface area (Å²) in [6, 6.07) is 14.3. The van der Waals surface area contributed by atoms with E-state index in [1.54, 1.807) is 26.0 Å². The monoisotopic (exact) mass is 387 g/mol. The van der Waals surface area contributed by atoms with Gasteiger partial charge in [-0.05, 0) is 47.2 Å². The molecule has 5 heteroatoms. The summed E-state index contributed by atoms with van der Waals surface area (Å²) in [7, 11) is 3.24. The number of thioether (sulfide) groups is 1. The molecule has 0 fully saturated rings. The minimum Gasteiger partial charge on any atom is -0.493 e. The third-order valence-electron chi connectivity index (χ3n) is 4.27. The maximum atomic E-state index is 12.1. The van der Waals surface area contributed by atoms with E-state index in [9.17, 15) is 4.79 Å². The van der Waals surface area contributed by atoms with Crippen molar-refractivity contribution in [2.75, 3.05) is 26.5 Å². The van der Waals surface area contributed by atoms with Crippen LogP contribution in [0.15, 0.2) is 47.4 Å². The average Bonchev–Trinajstić information content (AvgIpc) is 2.65. The van der Waals surface area contributed by atoms with Gasteiger partial charge in [-0.3, -0.25) is 4.79 Å². The highest BCUT2D eigenvalue weighted by molar-refractivity contribution is 8.00. The summed E-state index contributed by atoms with van der Waals surface area (Å²) >= 11 is 1.56. The highest BCUT2D eigenvalue weighted by atomic mass is 32.2. The lowest BCUT2D eigenvalue weighted by Gasteiger charge is -2.19. The molecule has 1 amide bonds. The quantitative estimate of drug-likeness (QED) is 0.680. The second kappa shape index (κ2) is 9.70. The number of carbonyl (C=O) groups excluding carboxylic acids is 1. The Morgan fingerprint density at radius 3 is 2.26 bits per heavy atom. The van der Waals surface area contributed by atoms with Gasteiger partial charge in [0.25, 0.3) is 0 Å². The van der Waals surface area contributed by atoms with E-state index >= 15 is 0 Å². The van der Waals surface area contributed by atoms with Crippen LogP contribution in [0.25, 0.3) is 0 Å². The van der Waals surface area contributed by atoms with E-state index in [4.69, 9.17) is 9.47 Å². The highest BCUT2D eigenvalue weighted by Gasteiger charge is 2.13. The molecule has 2 rings (SSSR count). The van der Waals surface area contributed by atoms with Crippen LogP contribution in [0.4, 0.5) is 0 Å². The molecule has 0 radical (unpaired) electrons. The Hall–Kier alpha value is -2.14. The number of rotatable bonds is 8. The molecule has 146 valence electrons. The largest absolute Gasteiger partial charge is 0.493 e. The maximum absolute atomic E-state index is 12.1. The van der Waals surface area contributed by atoms with Gasteiger partial charge in [-0.25, -0.2) is 0 Å². The topological polar surface area (TPSA) is 47.6 Å². The van der Waals surface area contributed by atoms with Crippen LogP contribution in [0.2, 0.25) is 0 Å². The Morgan fingerprint density at radius 2 is 1.67 bits per heavy atom. The Bertz CT molecular complexity index is 751. The van der Waals surface area contributed by atoms with Gasteiger partial charge in [0.15, 0.2) is 11.5 Å². The number of methoxy groups -OCH3 is 2. The number of carbonyl (C=O) groups is 1. The van der Waals surface area contributed by atoms with Crippen molar-refractivity contribution in [2.24, 2.45) is 0 Å². The summed E-state index contributed by atoms with van der Waals surface area (Å²) in [4.78, 5) is 13.2. The number of hydrogen-bond acceptors (Lipinski definition) is 4. The lowest BCUT2D eigenvalue weighted by Crippen LogP contribution is -2.27. The van der Waals surface area contributed by atoms with Crippen molar-refractivity contribution in [2.45, 2.75) is 37.5 Å². The van der Waals surface area contributed by atoms with Crippen LogP contribution in [0.3, 0.4) is 0 Å². The molecule has 0 atom stereocenters. The Balaban J connectivity index is 1.76. The summed E-state index contributed by atoms with van der Waals surface area (Å²) in [6.45, 7) is 7.18. The van der Waals surface area contributed by atoms with Gasteiger partial charge in [-0.2, -0.15) is 0 Å². The van der Waals surface area contributed by atoms with E-state index in [-0.39, 0.29) is 11.3 Å². The molecule has 0 unspecified atom stereocenters. The van der Waals surface area contributed by atoms with Crippen molar-refractivity contribution in [3.05, 3.63) is 53.6 Å². The van der Waals surface area contributed by atoms with E-state index in [0.717, 1.165) is 16.9 Å². The van der Waals surface area contributed by atoms with E-state index in [2.05, 4.69) is 50.4 Å². The fraction of sp³-hybridized carbons (Fsp3) is 0.409. The lowest BCUT2D eigenvalue weighted by molar-refractivity contribution is -0.118. The van der Waals surface area contributed by atoms with Crippen molar-refractivity contribution in [3.63, 3.8) is 0 Å². The van der Waals surface area contributed by atoms with Crippen LogP contribution in [-0.4, -0.2) is 32.4 Å². The van der Waals surface area contributed by atoms with Crippen molar-refractivity contribution in [1.82, 2.24) is 5.32 Å². The molecule has 0 aliphatic carbocycles. The average molecular weight is 388 g/mol. The molecule has 0 bridgehead atoms. The van der Waals surface area contributed by atoms with Crippen molar-refractivity contribution in [1.29, 1.82) is 0 Å². The fourth-order valence-electron chi connectivity index (χ4n) is 2.63. The smallest absolute Gasteiger partial charge is 0.230 e.